The molecule has 0 unspecified atom stereocenters. The van der Waals surface area contributed by atoms with E-state index in [1.807, 2.05) is 0 Å². The summed E-state index contributed by atoms with van der Waals surface area (Å²) in [6.07, 6.45) is -0.549. The molecule has 0 atom stereocenters. The molecule has 0 aliphatic rings. The van der Waals surface area contributed by atoms with E-state index in [4.69, 9.17) is 9.47 Å². The zero-order chi connectivity index (χ0) is 12.8. The normalized spacial score (nSPS) is 10.6. The van der Waals surface area contributed by atoms with Crippen molar-refractivity contribution < 1.29 is 23.5 Å². The van der Waals surface area contributed by atoms with Crippen LogP contribution >= 0.6 is 0 Å². The standard InChI is InChI=1S/C11H12FNO4/c1-16-11(17-2)10(15)5-9(14)8-4-3-7(12)6-13-8/h3-4,6,11H,5H2,1-2H3. The van der Waals surface area contributed by atoms with E-state index in [9.17, 15) is 14.0 Å². The van der Waals surface area contributed by atoms with Crippen molar-refractivity contribution in [2.75, 3.05) is 14.2 Å². The van der Waals surface area contributed by atoms with Crippen LogP contribution in [0.2, 0.25) is 0 Å². The largest absolute Gasteiger partial charge is 0.349 e. The van der Waals surface area contributed by atoms with E-state index in [-0.39, 0.29) is 5.69 Å². The minimum absolute atomic E-state index is 0.0331. The lowest BCUT2D eigenvalue weighted by molar-refractivity contribution is -0.155. The van der Waals surface area contributed by atoms with Gasteiger partial charge in [0.2, 0.25) is 6.29 Å². The number of carbonyl (C=O) groups is 2. The Labute approximate surface area is 97.6 Å². The summed E-state index contributed by atoms with van der Waals surface area (Å²) in [5, 5.41) is 0. The maximum absolute atomic E-state index is 12.6. The number of rotatable bonds is 6. The number of nitrogens with zero attached hydrogens (tertiary/aromatic N) is 1. The Morgan fingerprint density at radius 1 is 1.35 bits per heavy atom. The van der Waals surface area contributed by atoms with Gasteiger partial charge in [-0.2, -0.15) is 0 Å². The van der Waals surface area contributed by atoms with Crippen molar-refractivity contribution in [2.45, 2.75) is 12.7 Å². The molecule has 17 heavy (non-hydrogen) atoms. The molecule has 1 heterocycles. The number of aromatic nitrogens is 1. The second kappa shape index (κ2) is 6.17. The monoisotopic (exact) mass is 241 g/mol. The summed E-state index contributed by atoms with van der Waals surface area (Å²) in [5.74, 6) is -1.56. The van der Waals surface area contributed by atoms with Gasteiger partial charge in [0, 0.05) is 14.2 Å². The Bertz CT molecular complexity index is 400. The van der Waals surface area contributed by atoms with Gasteiger partial charge in [-0.15, -0.1) is 0 Å². The van der Waals surface area contributed by atoms with E-state index in [0.29, 0.717) is 0 Å². The van der Waals surface area contributed by atoms with Gasteiger partial charge in [-0.3, -0.25) is 14.6 Å². The van der Waals surface area contributed by atoms with E-state index >= 15 is 0 Å². The minimum Gasteiger partial charge on any atom is -0.349 e. The predicted octanol–water partition coefficient (Wildman–Crippen LogP) is 0.981. The Morgan fingerprint density at radius 3 is 2.47 bits per heavy atom. The molecule has 0 radical (unpaired) electrons. The van der Waals surface area contributed by atoms with Crippen LogP contribution in [-0.4, -0.2) is 37.1 Å². The van der Waals surface area contributed by atoms with Crippen LogP contribution in [0, 0.1) is 5.82 Å². The Balaban J connectivity index is 2.66. The van der Waals surface area contributed by atoms with Gasteiger partial charge in [0.1, 0.15) is 11.5 Å². The van der Waals surface area contributed by atoms with Crippen LogP contribution in [0.25, 0.3) is 0 Å². The average Bonchev–Trinajstić information content (AvgIpc) is 2.31. The Morgan fingerprint density at radius 2 is 2.00 bits per heavy atom. The van der Waals surface area contributed by atoms with Crippen molar-refractivity contribution in [3.05, 3.63) is 29.8 Å². The van der Waals surface area contributed by atoms with Gasteiger partial charge in [-0.05, 0) is 12.1 Å². The van der Waals surface area contributed by atoms with Crippen LogP contribution in [0.15, 0.2) is 18.3 Å². The maximum atomic E-state index is 12.6. The number of carbonyl (C=O) groups excluding carboxylic acids is 2. The third-order valence-corrected chi connectivity index (χ3v) is 2.04. The van der Waals surface area contributed by atoms with Gasteiger partial charge in [-0.1, -0.05) is 0 Å². The third kappa shape index (κ3) is 3.69. The van der Waals surface area contributed by atoms with E-state index in [2.05, 4.69) is 4.98 Å². The molecule has 1 rings (SSSR count). The minimum atomic E-state index is -1.07. The molecule has 0 aliphatic carbocycles. The van der Waals surface area contributed by atoms with Crippen molar-refractivity contribution in [2.24, 2.45) is 0 Å². The molecule has 0 amide bonds. The Kier molecular flexibility index (Phi) is 4.86. The first kappa shape index (κ1) is 13.4. The topological polar surface area (TPSA) is 65.5 Å². The first-order valence-electron chi connectivity index (χ1n) is 4.81. The van der Waals surface area contributed by atoms with Crippen LogP contribution in [0.1, 0.15) is 16.9 Å². The van der Waals surface area contributed by atoms with Crippen LogP contribution in [-0.2, 0) is 14.3 Å². The predicted molar refractivity (Wildman–Crippen MR) is 56.0 cm³/mol. The van der Waals surface area contributed by atoms with Gasteiger partial charge < -0.3 is 9.47 Å². The molecule has 0 N–H and O–H groups in total. The fourth-order valence-corrected chi connectivity index (χ4v) is 1.23. The maximum Gasteiger partial charge on any atom is 0.217 e. The molecule has 1 aromatic rings. The summed E-state index contributed by atoms with van der Waals surface area (Å²) in [5.41, 5.74) is 0.0331. The summed E-state index contributed by atoms with van der Waals surface area (Å²) >= 11 is 0. The highest BCUT2D eigenvalue weighted by Crippen LogP contribution is 2.05. The van der Waals surface area contributed by atoms with E-state index in [1.165, 1.54) is 20.3 Å². The van der Waals surface area contributed by atoms with Crippen molar-refractivity contribution in [3.63, 3.8) is 0 Å². The number of pyridine rings is 1. The second-order valence-electron chi connectivity index (χ2n) is 3.23. The highest BCUT2D eigenvalue weighted by atomic mass is 19.1. The molecule has 0 fully saturated rings. The highest BCUT2D eigenvalue weighted by Gasteiger charge is 2.21. The van der Waals surface area contributed by atoms with Crippen LogP contribution in [0.4, 0.5) is 4.39 Å². The van der Waals surface area contributed by atoms with Crippen molar-refractivity contribution in [3.8, 4) is 0 Å². The van der Waals surface area contributed by atoms with Crippen LogP contribution < -0.4 is 0 Å². The molecule has 0 bridgehead atoms. The number of methoxy groups -OCH3 is 2. The number of hydrogen-bond acceptors (Lipinski definition) is 5. The van der Waals surface area contributed by atoms with Crippen molar-refractivity contribution >= 4 is 11.6 Å². The van der Waals surface area contributed by atoms with Crippen LogP contribution in [0.5, 0.6) is 0 Å². The summed E-state index contributed by atoms with van der Waals surface area (Å²) < 4.78 is 22.0. The second-order valence-corrected chi connectivity index (χ2v) is 3.23. The lowest BCUT2D eigenvalue weighted by Gasteiger charge is -2.10. The lowest BCUT2D eigenvalue weighted by atomic mass is 10.1. The molecular weight excluding hydrogens is 229 g/mol. The van der Waals surface area contributed by atoms with Crippen LogP contribution in [0.3, 0.4) is 0 Å². The fraction of sp³-hybridized carbons (Fsp3) is 0.364. The van der Waals surface area contributed by atoms with Crippen molar-refractivity contribution in [1.29, 1.82) is 0 Å². The molecule has 0 spiro atoms. The zero-order valence-corrected chi connectivity index (χ0v) is 9.47. The molecule has 0 saturated heterocycles. The number of Topliss-reactive ketones (excluding diaryl/α,β-unsaturated/α-hetero) is 2. The quantitative estimate of drug-likeness (QED) is 0.422. The highest BCUT2D eigenvalue weighted by molar-refractivity contribution is 6.07. The number of hydrogen-bond donors (Lipinski definition) is 0. The summed E-state index contributed by atoms with van der Waals surface area (Å²) in [4.78, 5) is 26.7. The molecule has 92 valence electrons. The molecule has 5 nitrogen and oxygen atoms in total. The SMILES string of the molecule is COC(OC)C(=O)CC(=O)c1ccc(F)cn1. The number of halogens is 1. The lowest BCUT2D eigenvalue weighted by Crippen LogP contribution is -2.27. The molecule has 0 aliphatic heterocycles. The third-order valence-electron chi connectivity index (χ3n) is 2.04. The summed E-state index contributed by atoms with van der Waals surface area (Å²) in [6.45, 7) is 0. The van der Waals surface area contributed by atoms with Gasteiger partial charge in [-0.25, -0.2) is 4.39 Å². The Hall–Kier alpha value is -1.66. The summed E-state index contributed by atoms with van der Waals surface area (Å²) in [7, 11) is 2.60. The smallest absolute Gasteiger partial charge is 0.217 e. The van der Waals surface area contributed by atoms with E-state index < -0.39 is 30.1 Å². The zero-order valence-electron chi connectivity index (χ0n) is 9.47. The van der Waals surface area contributed by atoms with Gasteiger partial charge in [0.25, 0.3) is 0 Å². The van der Waals surface area contributed by atoms with Gasteiger partial charge in [0.15, 0.2) is 11.6 Å². The molecule has 1 aromatic heterocycles. The molecule has 6 heteroatoms. The molecule has 0 saturated carbocycles. The van der Waals surface area contributed by atoms with Gasteiger partial charge >= 0.3 is 0 Å². The van der Waals surface area contributed by atoms with E-state index in [0.717, 1.165) is 12.3 Å². The average molecular weight is 241 g/mol. The number of ketones is 2. The summed E-state index contributed by atoms with van der Waals surface area (Å²) in [6, 6.07) is 2.33. The fourth-order valence-electron chi connectivity index (χ4n) is 1.23. The first-order chi connectivity index (χ1) is 8.08. The van der Waals surface area contributed by atoms with Gasteiger partial charge in [0.05, 0.1) is 12.6 Å². The molecular formula is C11H12FNO4. The van der Waals surface area contributed by atoms with Crippen molar-refractivity contribution in [1.82, 2.24) is 4.98 Å². The molecule has 0 aromatic carbocycles. The first-order valence-corrected chi connectivity index (χ1v) is 4.81. The number of ether oxygens (including phenoxy) is 2. The van der Waals surface area contributed by atoms with E-state index in [1.54, 1.807) is 0 Å².